The van der Waals surface area contributed by atoms with Crippen molar-refractivity contribution in [3.05, 3.63) is 42.6 Å². The van der Waals surface area contributed by atoms with E-state index in [1.807, 2.05) is 13.8 Å². The molecule has 0 aliphatic rings. The van der Waals surface area contributed by atoms with Crippen molar-refractivity contribution in [3.63, 3.8) is 0 Å². The number of amides is 1. The first-order valence-corrected chi connectivity index (χ1v) is 6.66. The van der Waals surface area contributed by atoms with Gasteiger partial charge in [0.25, 0.3) is 5.91 Å². The number of nitrogens with zero attached hydrogens (tertiary/aromatic N) is 3. The average molecular weight is 346 g/mol. The molecule has 2 aromatic rings. The second kappa shape index (κ2) is 10.2. The van der Waals surface area contributed by atoms with Crippen molar-refractivity contribution < 1.29 is 4.79 Å². The number of likely N-dealkylation sites (N-methyl/N-ethyl adjacent to an activating group) is 1. The molecule has 8 heteroatoms. The summed E-state index contributed by atoms with van der Waals surface area (Å²) >= 11 is 0. The van der Waals surface area contributed by atoms with Crippen molar-refractivity contribution in [1.29, 1.82) is 0 Å². The van der Waals surface area contributed by atoms with Gasteiger partial charge in [0, 0.05) is 31.2 Å². The lowest BCUT2D eigenvalue weighted by molar-refractivity contribution is 0.0950. The molecule has 122 valence electrons. The van der Waals surface area contributed by atoms with Gasteiger partial charge in [-0.2, -0.15) is 0 Å². The summed E-state index contributed by atoms with van der Waals surface area (Å²) in [4.78, 5) is 20.2. The molecule has 6 nitrogen and oxygen atoms in total. The van der Waals surface area contributed by atoms with E-state index in [-0.39, 0.29) is 36.8 Å². The van der Waals surface area contributed by atoms with Gasteiger partial charge in [-0.15, -0.1) is 24.8 Å². The van der Waals surface area contributed by atoms with Crippen molar-refractivity contribution in [2.75, 3.05) is 13.1 Å². The number of carbonyl (C=O) groups is 1. The summed E-state index contributed by atoms with van der Waals surface area (Å²) in [5.41, 5.74) is 0.553. The van der Waals surface area contributed by atoms with E-state index in [4.69, 9.17) is 0 Å². The average Bonchev–Trinajstić information content (AvgIpc) is 2.99. The molecule has 1 atom stereocenters. The van der Waals surface area contributed by atoms with Gasteiger partial charge in [-0.3, -0.25) is 9.36 Å². The number of nitrogens with one attached hydrogen (secondary N) is 2. The van der Waals surface area contributed by atoms with Crippen molar-refractivity contribution in [1.82, 2.24) is 25.2 Å². The van der Waals surface area contributed by atoms with E-state index in [1.54, 1.807) is 41.6 Å². The van der Waals surface area contributed by atoms with Crippen molar-refractivity contribution in [3.8, 4) is 5.82 Å². The summed E-state index contributed by atoms with van der Waals surface area (Å²) in [6, 6.07) is 3.81. The molecular weight excluding hydrogens is 325 g/mol. The molecule has 0 bridgehead atoms. The second-order valence-corrected chi connectivity index (χ2v) is 4.54. The van der Waals surface area contributed by atoms with E-state index in [0.717, 1.165) is 12.4 Å². The van der Waals surface area contributed by atoms with Gasteiger partial charge < -0.3 is 10.6 Å². The van der Waals surface area contributed by atoms with E-state index in [9.17, 15) is 4.79 Å². The number of halogens is 2. The summed E-state index contributed by atoms with van der Waals surface area (Å²) in [7, 11) is 0. The van der Waals surface area contributed by atoms with Crippen molar-refractivity contribution >= 4 is 30.7 Å². The molecule has 0 spiro atoms. The van der Waals surface area contributed by atoms with E-state index < -0.39 is 0 Å². The maximum atomic E-state index is 12.0. The molecule has 0 radical (unpaired) electrons. The Labute approximate surface area is 142 Å². The van der Waals surface area contributed by atoms with Gasteiger partial charge in [-0.25, -0.2) is 9.97 Å². The maximum Gasteiger partial charge on any atom is 0.252 e. The number of rotatable bonds is 6. The quantitative estimate of drug-likeness (QED) is 0.837. The third kappa shape index (κ3) is 5.63. The monoisotopic (exact) mass is 345 g/mol. The molecule has 0 aromatic carbocycles. The summed E-state index contributed by atoms with van der Waals surface area (Å²) in [5, 5.41) is 6.12. The molecular formula is C14H21Cl2N5O. The van der Waals surface area contributed by atoms with Crippen molar-refractivity contribution in [2.24, 2.45) is 0 Å². The normalized spacial score (nSPS) is 11.0. The minimum atomic E-state index is -0.112. The highest BCUT2D eigenvalue weighted by Crippen LogP contribution is 2.05. The molecule has 2 aromatic heterocycles. The molecule has 0 aliphatic heterocycles. The molecule has 1 amide bonds. The fraction of sp³-hybridized carbons (Fsp3) is 0.357. The van der Waals surface area contributed by atoms with E-state index >= 15 is 0 Å². The number of hydrogen-bond acceptors (Lipinski definition) is 4. The zero-order valence-electron chi connectivity index (χ0n) is 12.5. The number of hydrogen-bond donors (Lipinski definition) is 2. The third-order valence-corrected chi connectivity index (χ3v) is 2.90. The summed E-state index contributed by atoms with van der Waals surface area (Å²) in [5.74, 6) is 0.625. The Kier molecular flexibility index (Phi) is 9.40. The zero-order valence-corrected chi connectivity index (χ0v) is 14.2. The lowest BCUT2D eigenvalue weighted by atomic mass is 10.2. The topological polar surface area (TPSA) is 71.8 Å². The van der Waals surface area contributed by atoms with Gasteiger partial charge in [0.1, 0.15) is 12.1 Å². The molecule has 0 saturated heterocycles. The van der Waals surface area contributed by atoms with Gasteiger partial charge in [0.15, 0.2) is 0 Å². The molecule has 0 fully saturated rings. The van der Waals surface area contributed by atoms with Crippen LogP contribution in [0.25, 0.3) is 5.82 Å². The highest BCUT2D eigenvalue weighted by molar-refractivity contribution is 5.93. The van der Waals surface area contributed by atoms with E-state index in [1.165, 1.54) is 0 Å². The fourth-order valence-corrected chi connectivity index (χ4v) is 1.84. The lowest BCUT2D eigenvalue weighted by Crippen LogP contribution is -2.38. The van der Waals surface area contributed by atoms with Crippen LogP contribution in [0.3, 0.4) is 0 Å². The third-order valence-electron chi connectivity index (χ3n) is 2.90. The highest BCUT2D eigenvalue weighted by atomic mass is 35.5. The van der Waals surface area contributed by atoms with E-state index in [0.29, 0.717) is 12.1 Å². The van der Waals surface area contributed by atoms with Crippen LogP contribution in [-0.2, 0) is 0 Å². The Morgan fingerprint density at radius 3 is 2.68 bits per heavy atom. The number of imidazole rings is 1. The first kappa shape index (κ1) is 20.4. The van der Waals surface area contributed by atoms with Crippen LogP contribution in [0.5, 0.6) is 0 Å². The minimum Gasteiger partial charge on any atom is -0.350 e. The maximum absolute atomic E-state index is 12.0. The molecule has 0 saturated carbocycles. The van der Waals surface area contributed by atoms with Gasteiger partial charge in [-0.05, 0) is 25.6 Å². The largest absolute Gasteiger partial charge is 0.350 e. The number of pyridine rings is 1. The minimum absolute atomic E-state index is 0. The molecule has 2 N–H and O–H groups in total. The standard InChI is InChI=1S/C14H19N5O.2ClH/c1-3-16-11(2)8-18-14(20)12-4-5-13(17-9-12)19-7-6-15-10-19;;/h4-7,9-11,16H,3,8H2,1-2H3,(H,18,20);2*1H/t11-;;/m1../s1. The SMILES string of the molecule is CCN[C@H](C)CNC(=O)c1ccc(-n2ccnc2)nc1.Cl.Cl. The van der Waals surface area contributed by atoms with Crippen LogP contribution in [0.1, 0.15) is 24.2 Å². The Bertz CT molecular complexity index is 545. The van der Waals surface area contributed by atoms with Crippen LogP contribution in [0.2, 0.25) is 0 Å². The first-order valence-electron chi connectivity index (χ1n) is 6.66. The molecule has 0 aliphatic carbocycles. The summed E-state index contributed by atoms with van der Waals surface area (Å²) in [6.45, 7) is 5.55. The molecule has 22 heavy (non-hydrogen) atoms. The predicted molar refractivity (Wildman–Crippen MR) is 91.3 cm³/mol. The number of aromatic nitrogens is 3. The molecule has 0 unspecified atom stereocenters. The Morgan fingerprint density at radius 2 is 2.14 bits per heavy atom. The van der Waals surface area contributed by atoms with Crippen LogP contribution >= 0.6 is 24.8 Å². The second-order valence-electron chi connectivity index (χ2n) is 4.54. The van der Waals surface area contributed by atoms with Crippen LogP contribution in [0.15, 0.2) is 37.1 Å². The Balaban J connectivity index is 0.00000220. The Hall–Kier alpha value is -1.63. The van der Waals surface area contributed by atoms with Crippen LogP contribution in [-0.4, -0.2) is 39.6 Å². The highest BCUT2D eigenvalue weighted by Gasteiger charge is 2.08. The fourth-order valence-electron chi connectivity index (χ4n) is 1.84. The van der Waals surface area contributed by atoms with E-state index in [2.05, 4.69) is 20.6 Å². The van der Waals surface area contributed by atoms with Gasteiger partial charge in [0.05, 0.1) is 5.56 Å². The predicted octanol–water partition coefficient (Wildman–Crippen LogP) is 1.84. The van der Waals surface area contributed by atoms with Gasteiger partial charge >= 0.3 is 0 Å². The molecule has 2 heterocycles. The smallest absolute Gasteiger partial charge is 0.252 e. The summed E-state index contributed by atoms with van der Waals surface area (Å²) < 4.78 is 1.79. The van der Waals surface area contributed by atoms with Crippen LogP contribution in [0, 0.1) is 0 Å². The molecule has 2 rings (SSSR count). The van der Waals surface area contributed by atoms with Crippen LogP contribution in [0.4, 0.5) is 0 Å². The number of carbonyl (C=O) groups excluding carboxylic acids is 1. The first-order chi connectivity index (χ1) is 9.70. The zero-order chi connectivity index (χ0) is 14.4. The summed E-state index contributed by atoms with van der Waals surface area (Å²) in [6.07, 6.45) is 6.73. The lowest BCUT2D eigenvalue weighted by Gasteiger charge is -2.13. The Morgan fingerprint density at radius 1 is 1.36 bits per heavy atom. The van der Waals surface area contributed by atoms with Gasteiger partial charge in [-0.1, -0.05) is 6.92 Å². The van der Waals surface area contributed by atoms with Crippen LogP contribution < -0.4 is 10.6 Å². The van der Waals surface area contributed by atoms with Crippen molar-refractivity contribution in [2.45, 2.75) is 19.9 Å². The van der Waals surface area contributed by atoms with Gasteiger partial charge in [0.2, 0.25) is 0 Å².